The Kier molecular flexibility index (Phi) is 6.93. The number of anilines is 1. The lowest BCUT2D eigenvalue weighted by molar-refractivity contribution is -0.115. The van der Waals surface area contributed by atoms with Crippen molar-refractivity contribution in [1.29, 1.82) is 0 Å². The van der Waals surface area contributed by atoms with Gasteiger partial charge in [-0.15, -0.1) is 0 Å². The molecule has 1 amide bonds. The second kappa shape index (κ2) is 9.41. The van der Waals surface area contributed by atoms with Crippen molar-refractivity contribution < 1.29 is 4.79 Å². The molecule has 3 rings (SSSR count). The van der Waals surface area contributed by atoms with Crippen LogP contribution < -0.4 is 10.9 Å². The van der Waals surface area contributed by atoms with Gasteiger partial charge in [0.2, 0.25) is 5.91 Å². The molecule has 28 heavy (non-hydrogen) atoms. The summed E-state index contributed by atoms with van der Waals surface area (Å²) in [6.45, 7) is 1.74. The number of aromatic amines is 1. The number of hydrogen-bond acceptors (Lipinski definition) is 4. The van der Waals surface area contributed by atoms with E-state index in [2.05, 4.69) is 31.2 Å². The van der Waals surface area contributed by atoms with Crippen LogP contribution in [0.25, 0.3) is 0 Å². The third-order valence-electron chi connectivity index (χ3n) is 3.91. The monoisotopic (exact) mass is 477 g/mol. The zero-order valence-corrected chi connectivity index (χ0v) is 18.1. The number of aromatic nitrogens is 2. The second-order valence-electron chi connectivity index (χ2n) is 6.09. The van der Waals surface area contributed by atoms with E-state index < -0.39 is 0 Å². The fraction of sp³-hybridized carbons (Fsp3) is 0.150. The molecule has 0 radical (unpaired) electrons. The summed E-state index contributed by atoms with van der Waals surface area (Å²) in [6, 6.07) is 14.8. The van der Waals surface area contributed by atoms with Crippen molar-refractivity contribution in [3.05, 3.63) is 85.2 Å². The SMILES string of the molecule is Cc1nc(SCc2cccc(Cl)c2)[nH]c(=O)c1CC(=O)Nc1cccc(Br)c1. The highest BCUT2D eigenvalue weighted by Crippen LogP contribution is 2.21. The maximum atomic E-state index is 12.5. The molecule has 1 heterocycles. The van der Waals surface area contributed by atoms with E-state index in [4.69, 9.17) is 11.6 Å². The summed E-state index contributed by atoms with van der Waals surface area (Å²) in [5.41, 5.74) is 2.30. The standard InChI is InChI=1S/C20H17BrClN3O2S/c1-12-17(10-18(26)24-16-7-3-5-14(21)9-16)19(27)25-20(23-12)28-11-13-4-2-6-15(22)8-13/h2-9H,10-11H2,1H3,(H,24,26)(H,23,25,27). The van der Waals surface area contributed by atoms with Gasteiger partial charge in [-0.1, -0.05) is 57.5 Å². The molecule has 0 aliphatic rings. The first kappa shape index (κ1) is 20.6. The summed E-state index contributed by atoms with van der Waals surface area (Å²) in [7, 11) is 0. The van der Waals surface area contributed by atoms with E-state index in [0.29, 0.717) is 32.9 Å². The molecule has 0 saturated carbocycles. The number of nitrogens with one attached hydrogen (secondary N) is 2. The molecule has 3 aromatic rings. The van der Waals surface area contributed by atoms with Gasteiger partial charge in [0.1, 0.15) is 0 Å². The molecule has 5 nitrogen and oxygen atoms in total. The largest absolute Gasteiger partial charge is 0.326 e. The molecule has 0 unspecified atom stereocenters. The van der Waals surface area contributed by atoms with E-state index in [0.717, 1.165) is 10.0 Å². The Labute approximate surface area is 180 Å². The summed E-state index contributed by atoms with van der Waals surface area (Å²) in [6.07, 6.45) is -0.0417. The summed E-state index contributed by atoms with van der Waals surface area (Å²) in [5.74, 6) is 0.360. The van der Waals surface area contributed by atoms with Crippen molar-refractivity contribution in [3.63, 3.8) is 0 Å². The molecule has 0 bridgehead atoms. The minimum Gasteiger partial charge on any atom is -0.326 e. The van der Waals surface area contributed by atoms with Crippen LogP contribution in [0.5, 0.6) is 0 Å². The first-order valence-electron chi connectivity index (χ1n) is 8.43. The quantitative estimate of drug-likeness (QED) is 0.387. The van der Waals surface area contributed by atoms with Gasteiger partial charge in [-0.25, -0.2) is 4.98 Å². The number of carbonyl (C=O) groups excluding carboxylic acids is 1. The molecule has 0 aliphatic heterocycles. The lowest BCUT2D eigenvalue weighted by Gasteiger charge is -2.08. The third-order valence-corrected chi connectivity index (χ3v) is 5.58. The number of carbonyl (C=O) groups is 1. The number of hydrogen-bond donors (Lipinski definition) is 2. The van der Waals surface area contributed by atoms with E-state index >= 15 is 0 Å². The summed E-state index contributed by atoms with van der Waals surface area (Å²) >= 11 is 10.8. The second-order valence-corrected chi connectivity index (χ2v) is 8.41. The van der Waals surface area contributed by atoms with Gasteiger partial charge in [0, 0.05) is 32.2 Å². The van der Waals surface area contributed by atoms with Crippen LogP contribution in [0.15, 0.2) is 63.0 Å². The Balaban J connectivity index is 1.67. The van der Waals surface area contributed by atoms with E-state index in [1.165, 1.54) is 11.8 Å². The zero-order chi connectivity index (χ0) is 20.1. The first-order chi connectivity index (χ1) is 13.4. The number of halogens is 2. The number of aryl methyl sites for hydroxylation is 1. The van der Waals surface area contributed by atoms with Gasteiger partial charge in [0.25, 0.3) is 5.56 Å². The molecule has 2 N–H and O–H groups in total. The summed E-state index contributed by atoms with van der Waals surface area (Å²) in [4.78, 5) is 31.9. The van der Waals surface area contributed by atoms with Crippen LogP contribution in [-0.2, 0) is 17.0 Å². The number of rotatable bonds is 6. The Hall–Kier alpha value is -2.09. The maximum Gasteiger partial charge on any atom is 0.255 e. The minimum absolute atomic E-state index is 0.0417. The lowest BCUT2D eigenvalue weighted by Crippen LogP contribution is -2.23. The average molecular weight is 479 g/mol. The molecule has 2 aromatic carbocycles. The molecule has 8 heteroatoms. The highest BCUT2D eigenvalue weighted by molar-refractivity contribution is 9.10. The van der Waals surface area contributed by atoms with Crippen LogP contribution in [0.4, 0.5) is 5.69 Å². The smallest absolute Gasteiger partial charge is 0.255 e. The lowest BCUT2D eigenvalue weighted by atomic mass is 10.1. The average Bonchev–Trinajstić information content (AvgIpc) is 2.63. The highest BCUT2D eigenvalue weighted by Gasteiger charge is 2.13. The predicted octanol–water partition coefficient (Wildman–Crippen LogP) is 4.97. The van der Waals surface area contributed by atoms with Crippen LogP contribution in [0.3, 0.4) is 0 Å². The van der Waals surface area contributed by atoms with E-state index in [9.17, 15) is 9.59 Å². The molecule has 0 aliphatic carbocycles. The van der Waals surface area contributed by atoms with Crippen LogP contribution >= 0.6 is 39.3 Å². The Bertz CT molecular complexity index is 1070. The van der Waals surface area contributed by atoms with Crippen molar-refractivity contribution in [2.75, 3.05) is 5.32 Å². The highest BCUT2D eigenvalue weighted by atomic mass is 79.9. The topological polar surface area (TPSA) is 74.8 Å². The van der Waals surface area contributed by atoms with Gasteiger partial charge >= 0.3 is 0 Å². The number of thioether (sulfide) groups is 1. The number of benzene rings is 2. The van der Waals surface area contributed by atoms with E-state index in [1.54, 1.807) is 19.1 Å². The van der Waals surface area contributed by atoms with Crippen molar-refractivity contribution >= 4 is 50.9 Å². The molecule has 0 saturated heterocycles. The van der Waals surface area contributed by atoms with Crippen molar-refractivity contribution in [3.8, 4) is 0 Å². The maximum absolute atomic E-state index is 12.5. The fourth-order valence-electron chi connectivity index (χ4n) is 2.57. The molecule has 0 spiro atoms. The van der Waals surface area contributed by atoms with Gasteiger partial charge < -0.3 is 10.3 Å². The van der Waals surface area contributed by atoms with E-state index in [-0.39, 0.29) is 17.9 Å². The molecular formula is C20H17BrClN3O2S. The molecule has 0 atom stereocenters. The van der Waals surface area contributed by atoms with Gasteiger partial charge in [-0.05, 0) is 42.8 Å². The zero-order valence-electron chi connectivity index (χ0n) is 15.0. The van der Waals surface area contributed by atoms with Crippen LogP contribution in [-0.4, -0.2) is 15.9 Å². The van der Waals surface area contributed by atoms with Crippen molar-refractivity contribution in [2.24, 2.45) is 0 Å². The van der Waals surface area contributed by atoms with Gasteiger partial charge in [-0.3, -0.25) is 9.59 Å². The summed E-state index contributed by atoms with van der Waals surface area (Å²) < 4.78 is 0.863. The number of H-pyrrole nitrogens is 1. The van der Waals surface area contributed by atoms with Gasteiger partial charge in [-0.2, -0.15) is 0 Å². The number of nitrogens with zero attached hydrogens (tertiary/aromatic N) is 1. The van der Waals surface area contributed by atoms with Gasteiger partial charge in [0.15, 0.2) is 5.16 Å². The number of amides is 1. The molecule has 1 aromatic heterocycles. The Morgan fingerprint density at radius 1 is 1.25 bits per heavy atom. The summed E-state index contributed by atoms with van der Waals surface area (Å²) in [5, 5.41) is 3.97. The van der Waals surface area contributed by atoms with Gasteiger partial charge in [0.05, 0.1) is 6.42 Å². The molecule has 144 valence electrons. The van der Waals surface area contributed by atoms with Crippen molar-refractivity contribution in [1.82, 2.24) is 9.97 Å². The predicted molar refractivity (Wildman–Crippen MR) is 117 cm³/mol. The van der Waals surface area contributed by atoms with Crippen LogP contribution in [0, 0.1) is 6.92 Å². The molecular weight excluding hydrogens is 462 g/mol. The van der Waals surface area contributed by atoms with Crippen LogP contribution in [0.2, 0.25) is 5.02 Å². The van der Waals surface area contributed by atoms with E-state index in [1.807, 2.05) is 36.4 Å². The Morgan fingerprint density at radius 3 is 2.75 bits per heavy atom. The Morgan fingerprint density at radius 2 is 2.04 bits per heavy atom. The normalized spacial score (nSPS) is 10.7. The third kappa shape index (κ3) is 5.70. The van der Waals surface area contributed by atoms with Crippen molar-refractivity contribution in [2.45, 2.75) is 24.3 Å². The van der Waals surface area contributed by atoms with Crippen LogP contribution in [0.1, 0.15) is 16.8 Å². The molecule has 0 fully saturated rings. The first-order valence-corrected chi connectivity index (χ1v) is 10.6. The minimum atomic E-state index is -0.300. The fourth-order valence-corrected chi connectivity index (χ4v) is 4.03.